The van der Waals surface area contributed by atoms with E-state index < -0.39 is 0 Å². The monoisotopic (exact) mass is 175 g/mol. The van der Waals surface area contributed by atoms with Crippen molar-refractivity contribution in [3.63, 3.8) is 0 Å². The van der Waals surface area contributed by atoms with Gasteiger partial charge in [-0.25, -0.2) is 0 Å². The average molecular weight is 175 g/mol. The van der Waals surface area contributed by atoms with Crippen LogP contribution in [-0.4, -0.2) is 7.05 Å². The molecule has 0 fully saturated rings. The molecule has 0 heterocycles. The second kappa shape index (κ2) is 73.5. The molecule has 0 bridgehead atoms. The lowest BCUT2D eigenvalue weighted by Gasteiger charge is -1.68. The van der Waals surface area contributed by atoms with E-state index in [0.717, 1.165) is 6.42 Å². The van der Waals surface area contributed by atoms with E-state index in [4.69, 9.17) is 0 Å². The first kappa shape index (κ1) is 22.6. The summed E-state index contributed by atoms with van der Waals surface area (Å²) in [5, 5.41) is 0. The van der Waals surface area contributed by atoms with Crippen LogP contribution in [0.3, 0.4) is 0 Å². The first-order valence-electron chi connectivity index (χ1n) is 5.02. The predicted octanol–water partition coefficient (Wildman–Crippen LogP) is 3.99. The second-order valence-electron chi connectivity index (χ2n) is 1.70. The highest BCUT2D eigenvalue weighted by Crippen LogP contribution is 1.76. The number of allylic oxidation sites excluding steroid dienone is 1. The summed E-state index contributed by atoms with van der Waals surface area (Å²) in [5.41, 5.74) is 4.50. The Kier molecular flexibility index (Phi) is 138. The number of rotatable bonds is 2. The summed E-state index contributed by atoms with van der Waals surface area (Å²) >= 11 is 0. The van der Waals surface area contributed by atoms with E-state index in [1.165, 1.54) is 19.9 Å². The Morgan fingerprint density at radius 1 is 1.00 bits per heavy atom. The van der Waals surface area contributed by atoms with Gasteiger partial charge in [0.2, 0.25) is 0 Å². The molecule has 2 N–H and O–H groups in total. The van der Waals surface area contributed by atoms with Gasteiger partial charge in [0, 0.05) is 0 Å². The molecule has 0 unspecified atom stereocenters. The zero-order valence-corrected chi connectivity index (χ0v) is 9.98. The summed E-state index contributed by atoms with van der Waals surface area (Å²) < 4.78 is 0. The van der Waals surface area contributed by atoms with Gasteiger partial charge in [-0.3, -0.25) is 0 Å². The summed E-state index contributed by atoms with van der Waals surface area (Å²) in [6.45, 7) is 13.9. The third-order valence-electron chi connectivity index (χ3n) is 0.789. The van der Waals surface area contributed by atoms with Gasteiger partial charge in [-0.1, -0.05) is 53.5 Å². The van der Waals surface area contributed by atoms with E-state index in [-0.39, 0.29) is 0 Å². The van der Waals surface area contributed by atoms with Crippen molar-refractivity contribution in [3.05, 3.63) is 12.7 Å². The minimum absolute atomic E-state index is 1.08. The van der Waals surface area contributed by atoms with Crippen LogP contribution in [0, 0.1) is 0 Å². The van der Waals surface area contributed by atoms with Crippen LogP contribution in [0.1, 0.15) is 53.9 Å². The molecule has 0 aromatic heterocycles. The largest absolute Gasteiger partial charge is 0.333 e. The maximum absolute atomic E-state index is 4.50. The van der Waals surface area contributed by atoms with E-state index in [1.807, 2.05) is 19.9 Å². The molecule has 78 valence electrons. The SMILES string of the molecule is C=CCC.CC.CCCC.CN. The Hall–Kier alpha value is -0.300. The zero-order valence-electron chi connectivity index (χ0n) is 9.98. The fraction of sp³-hybridized carbons (Fsp3) is 0.818. The quantitative estimate of drug-likeness (QED) is 0.631. The molecule has 0 aromatic carbocycles. The van der Waals surface area contributed by atoms with Crippen LogP contribution >= 0.6 is 0 Å². The maximum Gasteiger partial charge on any atom is -0.0195 e. The minimum Gasteiger partial charge on any atom is -0.333 e. The van der Waals surface area contributed by atoms with E-state index in [0.29, 0.717) is 0 Å². The van der Waals surface area contributed by atoms with Crippen LogP contribution in [0.2, 0.25) is 0 Å². The standard InChI is InChI=1S/C4H10.C4H8.C2H6.CH5N/c2*1-3-4-2;2*1-2/h3-4H2,1-2H3;3H,1,4H2,2H3;1-2H3;2H2,1H3. The first-order chi connectivity index (χ1) is 5.83. The zero-order chi connectivity index (χ0) is 10.8. The topological polar surface area (TPSA) is 26.0 Å². The number of hydrogen-bond donors (Lipinski definition) is 1. The molecule has 0 radical (unpaired) electrons. The molecule has 0 aliphatic heterocycles. The molecule has 1 heteroatoms. The maximum atomic E-state index is 4.50. The fourth-order valence-electron chi connectivity index (χ4n) is 0. The molecule has 0 atom stereocenters. The molecular weight excluding hydrogens is 146 g/mol. The van der Waals surface area contributed by atoms with Crippen LogP contribution in [0.4, 0.5) is 0 Å². The third kappa shape index (κ3) is 254. The van der Waals surface area contributed by atoms with Crippen LogP contribution in [-0.2, 0) is 0 Å². The van der Waals surface area contributed by atoms with Crippen molar-refractivity contribution in [1.29, 1.82) is 0 Å². The molecule has 1 nitrogen and oxygen atoms in total. The lowest BCUT2D eigenvalue weighted by molar-refractivity contribution is 0.886. The highest BCUT2D eigenvalue weighted by atomic mass is 14.4. The summed E-state index contributed by atoms with van der Waals surface area (Å²) in [6, 6.07) is 0. The van der Waals surface area contributed by atoms with Crippen molar-refractivity contribution in [1.82, 2.24) is 0 Å². The fourth-order valence-corrected chi connectivity index (χ4v) is 0. The Morgan fingerprint density at radius 3 is 1.17 bits per heavy atom. The Labute approximate surface area is 80.1 Å². The molecule has 0 aliphatic carbocycles. The minimum atomic E-state index is 1.08. The molecule has 0 rings (SSSR count). The number of unbranched alkanes of at least 4 members (excludes halogenated alkanes) is 1. The lowest BCUT2D eigenvalue weighted by Crippen LogP contribution is -1.69. The van der Waals surface area contributed by atoms with Crippen molar-refractivity contribution >= 4 is 0 Å². The molecule has 0 aromatic rings. The van der Waals surface area contributed by atoms with Gasteiger partial charge < -0.3 is 5.73 Å². The van der Waals surface area contributed by atoms with Gasteiger partial charge in [-0.2, -0.15) is 0 Å². The van der Waals surface area contributed by atoms with Gasteiger partial charge in [0.25, 0.3) is 0 Å². The lowest BCUT2D eigenvalue weighted by atomic mass is 10.4. The van der Waals surface area contributed by atoms with Crippen molar-refractivity contribution in [2.45, 2.75) is 53.9 Å². The molecule has 0 spiro atoms. The smallest absolute Gasteiger partial charge is 0.0195 e. The van der Waals surface area contributed by atoms with Gasteiger partial charge in [-0.05, 0) is 13.5 Å². The molecule has 12 heavy (non-hydrogen) atoms. The van der Waals surface area contributed by atoms with Crippen molar-refractivity contribution in [2.24, 2.45) is 5.73 Å². The summed E-state index contributed by atoms with van der Waals surface area (Å²) in [6.07, 6.45) is 5.60. The van der Waals surface area contributed by atoms with E-state index in [2.05, 4.69) is 33.1 Å². The van der Waals surface area contributed by atoms with Crippen LogP contribution in [0.25, 0.3) is 0 Å². The second-order valence-corrected chi connectivity index (χ2v) is 1.70. The van der Waals surface area contributed by atoms with Crippen LogP contribution in [0.15, 0.2) is 12.7 Å². The molecule has 0 saturated heterocycles. The van der Waals surface area contributed by atoms with Crippen molar-refractivity contribution in [2.75, 3.05) is 7.05 Å². The molecule has 0 amide bonds. The summed E-state index contributed by atoms with van der Waals surface area (Å²) in [5.74, 6) is 0. The highest BCUT2D eigenvalue weighted by molar-refractivity contribution is 4.60. The van der Waals surface area contributed by atoms with E-state index in [1.54, 1.807) is 0 Å². The normalized spacial score (nSPS) is 5.58. The highest BCUT2D eigenvalue weighted by Gasteiger charge is 1.56. The van der Waals surface area contributed by atoms with Crippen molar-refractivity contribution < 1.29 is 0 Å². The average Bonchev–Trinajstić information content (AvgIpc) is 2.23. The Balaban J connectivity index is -0.0000000380. The Morgan fingerprint density at radius 2 is 1.17 bits per heavy atom. The summed E-state index contributed by atoms with van der Waals surface area (Å²) in [7, 11) is 1.50. The van der Waals surface area contributed by atoms with Gasteiger partial charge in [0.15, 0.2) is 0 Å². The summed E-state index contributed by atoms with van der Waals surface area (Å²) in [4.78, 5) is 0. The van der Waals surface area contributed by atoms with Crippen molar-refractivity contribution in [3.8, 4) is 0 Å². The van der Waals surface area contributed by atoms with Gasteiger partial charge in [0.1, 0.15) is 0 Å². The van der Waals surface area contributed by atoms with Gasteiger partial charge in [0.05, 0.1) is 0 Å². The third-order valence-corrected chi connectivity index (χ3v) is 0.789. The van der Waals surface area contributed by atoms with E-state index in [9.17, 15) is 0 Å². The predicted molar refractivity (Wildman–Crippen MR) is 62.5 cm³/mol. The van der Waals surface area contributed by atoms with Crippen LogP contribution < -0.4 is 5.73 Å². The van der Waals surface area contributed by atoms with Crippen LogP contribution in [0.5, 0.6) is 0 Å². The van der Waals surface area contributed by atoms with Gasteiger partial charge in [-0.15, -0.1) is 6.58 Å². The number of hydrogen-bond acceptors (Lipinski definition) is 1. The molecular formula is C11H29N. The Bertz CT molecular complexity index is 32.0. The molecule has 0 aliphatic rings. The van der Waals surface area contributed by atoms with E-state index >= 15 is 0 Å². The first-order valence-corrected chi connectivity index (χ1v) is 5.02. The molecule has 0 saturated carbocycles. The van der Waals surface area contributed by atoms with Gasteiger partial charge >= 0.3 is 0 Å². The number of nitrogens with two attached hydrogens (primary N) is 1.